The van der Waals surface area contributed by atoms with Crippen molar-refractivity contribution in [1.29, 1.82) is 0 Å². The second-order valence-corrected chi connectivity index (χ2v) is 6.36. The summed E-state index contributed by atoms with van der Waals surface area (Å²) in [5, 5.41) is 2.82. The van der Waals surface area contributed by atoms with Gasteiger partial charge >= 0.3 is 0 Å². The number of amides is 1. The summed E-state index contributed by atoms with van der Waals surface area (Å²) in [4.78, 5) is 14.4. The average Bonchev–Trinajstić information content (AvgIpc) is 2.44. The molecule has 1 unspecified atom stereocenters. The minimum Gasteiger partial charge on any atom is -0.374 e. The fourth-order valence-electron chi connectivity index (χ4n) is 2.60. The Balaban J connectivity index is 1.88. The van der Waals surface area contributed by atoms with Crippen LogP contribution in [0.4, 0.5) is 4.39 Å². The van der Waals surface area contributed by atoms with Crippen LogP contribution in [0.25, 0.3) is 0 Å². The maximum atomic E-state index is 13.7. The molecule has 2 rings (SSSR count). The maximum absolute atomic E-state index is 13.7. The van der Waals surface area contributed by atoms with Crippen molar-refractivity contribution in [3.8, 4) is 0 Å². The number of carbonyl (C=O) groups is 1. The van der Waals surface area contributed by atoms with Crippen LogP contribution in [0.3, 0.4) is 0 Å². The van der Waals surface area contributed by atoms with Gasteiger partial charge in [-0.2, -0.15) is 0 Å². The molecular weight excluding hydrogens is 307 g/mol. The summed E-state index contributed by atoms with van der Waals surface area (Å²) < 4.78 is 19.3. The second-order valence-electron chi connectivity index (χ2n) is 5.95. The van der Waals surface area contributed by atoms with E-state index < -0.39 is 11.7 Å². The van der Waals surface area contributed by atoms with Crippen LogP contribution in [-0.4, -0.2) is 49.7 Å². The predicted molar refractivity (Wildman–Crippen MR) is 84.8 cm³/mol. The van der Waals surface area contributed by atoms with Crippen molar-refractivity contribution in [2.24, 2.45) is 5.92 Å². The van der Waals surface area contributed by atoms with E-state index in [0.717, 1.165) is 19.6 Å². The lowest BCUT2D eigenvalue weighted by Crippen LogP contribution is -2.48. The van der Waals surface area contributed by atoms with Gasteiger partial charge in [0.25, 0.3) is 5.91 Å². The van der Waals surface area contributed by atoms with E-state index in [1.807, 2.05) is 0 Å². The smallest absolute Gasteiger partial charge is 0.255 e. The van der Waals surface area contributed by atoms with E-state index in [1.54, 1.807) is 0 Å². The quantitative estimate of drug-likeness (QED) is 0.903. The lowest BCUT2D eigenvalue weighted by atomic mass is 10.1. The van der Waals surface area contributed by atoms with Crippen molar-refractivity contribution in [2.45, 2.75) is 20.0 Å². The third kappa shape index (κ3) is 4.66. The summed E-state index contributed by atoms with van der Waals surface area (Å²) in [7, 11) is 0. The molecule has 4 nitrogen and oxygen atoms in total. The number of carbonyl (C=O) groups excluding carboxylic acids is 1. The van der Waals surface area contributed by atoms with Gasteiger partial charge in [0.15, 0.2) is 0 Å². The first-order valence-corrected chi connectivity index (χ1v) is 7.91. The number of nitrogens with one attached hydrogen (secondary N) is 1. The topological polar surface area (TPSA) is 41.6 Å². The van der Waals surface area contributed by atoms with Gasteiger partial charge in [-0.1, -0.05) is 31.5 Å². The van der Waals surface area contributed by atoms with Gasteiger partial charge in [-0.3, -0.25) is 9.69 Å². The van der Waals surface area contributed by atoms with E-state index in [0.29, 0.717) is 19.1 Å². The minimum absolute atomic E-state index is 0.0815. The molecule has 0 spiro atoms. The third-order valence-corrected chi connectivity index (χ3v) is 3.84. The summed E-state index contributed by atoms with van der Waals surface area (Å²) in [6.45, 7) is 8.02. The molecule has 0 aromatic heterocycles. The van der Waals surface area contributed by atoms with E-state index in [-0.39, 0.29) is 16.7 Å². The molecule has 1 saturated heterocycles. The Morgan fingerprint density at radius 1 is 1.55 bits per heavy atom. The molecule has 0 bridgehead atoms. The highest BCUT2D eigenvalue weighted by molar-refractivity contribution is 6.33. The first-order valence-electron chi connectivity index (χ1n) is 7.53. The van der Waals surface area contributed by atoms with Crippen LogP contribution in [0.2, 0.25) is 5.02 Å². The number of hydrogen-bond acceptors (Lipinski definition) is 3. The SMILES string of the molecule is CC(C)CN1CCOC(CNC(=O)c2c(F)cccc2Cl)C1. The summed E-state index contributed by atoms with van der Waals surface area (Å²) in [5.74, 6) is -0.533. The van der Waals surface area contributed by atoms with Crippen LogP contribution in [0, 0.1) is 11.7 Å². The number of benzene rings is 1. The zero-order chi connectivity index (χ0) is 16.1. The van der Waals surface area contributed by atoms with Crippen LogP contribution in [0.5, 0.6) is 0 Å². The molecule has 1 amide bonds. The van der Waals surface area contributed by atoms with Crippen LogP contribution in [-0.2, 0) is 4.74 Å². The van der Waals surface area contributed by atoms with Gasteiger partial charge in [0.2, 0.25) is 0 Å². The Kier molecular flexibility index (Phi) is 6.17. The fourth-order valence-corrected chi connectivity index (χ4v) is 2.84. The van der Waals surface area contributed by atoms with E-state index in [4.69, 9.17) is 16.3 Å². The predicted octanol–water partition coefficient (Wildman–Crippen LogP) is 2.57. The summed E-state index contributed by atoms with van der Waals surface area (Å²) >= 11 is 5.89. The lowest BCUT2D eigenvalue weighted by molar-refractivity contribution is -0.0295. The number of hydrogen-bond donors (Lipinski definition) is 1. The highest BCUT2D eigenvalue weighted by Gasteiger charge is 2.22. The van der Waals surface area contributed by atoms with Crippen molar-refractivity contribution in [3.05, 3.63) is 34.6 Å². The molecule has 1 aliphatic heterocycles. The van der Waals surface area contributed by atoms with Crippen molar-refractivity contribution >= 4 is 17.5 Å². The molecule has 1 aromatic carbocycles. The molecular formula is C16H22ClFN2O2. The molecule has 1 atom stereocenters. The molecule has 22 heavy (non-hydrogen) atoms. The molecule has 1 aliphatic rings. The van der Waals surface area contributed by atoms with Crippen molar-refractivity contribution in [3.63, 3.8) is 0 Å². The molecule has 0 aliphatic carbocycles. The van der Waals surface area contributed by atoms with Gasteiger partial charge in [0.05, 0.1) is 23.3 Å². The Morgan fingerprint density at radius 2 is 2.32 bits per heavy atom. The highest BCUT2D eigenvalue weighted by Crippen LogP contribution is 2.18. The molecule has 1 N–H and O–H groups in total. The van der Waals surface area contributed by atoms with Crippen LogP contribution < -0.4 is 5.32 Å². The monoisotopic (exact) mass is 328 g/mol. The van der Waals surface area contributed by atoms with E-state index in [9.17, 15) is 9.18 Å². The van der Waals surface area contributed by atoms with Crippen molar-refractivity contribution < 1.29 is 13.9 Å². The number of halogens is 2. The molecule has 1 heterocycles. The Morgan fingerprint density at radius 3 is 3.00 bits per heavy atom. The van der Waals surface area contributed by atoms with Gasteiger partial charge in [-0.25, -0.2) is 4.39 Å². The zero-order valence-corrected chi connectivity index (χ0v) is 13.7. The minimum atomic E-state index is -0.615. The van der Waals surface area contributed by atoms with Gasteiger partial charge in [0, 0.05) is 26.2 Å². The standard InChI is InChI=1S/C16H22ClFN2O2/c1-11(2)9-20-6-7-22-12(10-20)8-19-16(21)15-13(17)4-3-5-14(15)18/h3-5,11-12H,6-10H2,1-2H3,(H,19,21). The van der Waals surface area contributed by atoms with Gasteiger partial charge in [0.1, 0.15) is 5.82 Å². The molecule has 0 saturated carbocycles. The van der Waals surface area contributed by atoms with Gasteiger partial charge in [-0.15, -0.1) is 0 Å². The van der Waals surface area contributed by atoms with Crippen LogP contribution in [0.15, 0.2) is 18.2 Å². The Hall–Kier alpha value is -1.17. The zero-order valence-electron chi connectivity index (χ0n) is 12.9. The number of ether oxygens (including phenoxy) is 1. The summed E-state index contributed by atoms with van der Waals surface area (Å²) in [6, 6.07) is 4.20. The average molecular weight is 329 g/mol. The number of rotatable bonds is 5. The van der Waals surface area contributed by atoms with Crippen molar-refractivity contribution in [2.75, 3.05) is 32.8 Å². The highest BCUT2D eigenvalue weighted by atomic mass is 35.5. The first-order chi connectivity index (χ1) is 10.5. The first kappa shape index (κ1) is 17.2. The maximum Gasteiger partial charge on any atom is 0.255 e. The van der Waals surface area contributed by atoms with E-state index in [2.05, 4.69) is 24.1 Å². The van der Waals surface area contributed by atoms with E-state index >= 15 is 0 Å². The molecule has 122 valence electrons. The number of morpholine rings is 1. The second kappa shape index (κ2) is 7.90. The largest absolute Gasteiger partial charge is 0.374 e. The summed E-state index contributed by atoms with van der Waals surface area (Å²) in [6.07, 6.45) is -0.0815. The fraction of sp³-hybridized carbons (Fsp3) is 0.562. The van der Waals surface area contributed by atoms with Crippen LogP contribution >= 0.6 is 11.6 Å². The van der Waals surface area contributed by atoms with E-state index in [1.165, 1.54) is 18.2 Å². The molecule has 6 heteroatoms. The molecule has 1 fully saturated rings. The Bertz CT molecular complexity index is 505. The van der Waals surface area contributed by atoms with Gasteiger partial charge in [-0.05, 0) is 18.1 Å². The number of nitrogens with zero attached hydrogens (tertiary/aromatic N) is 1. The summed E-state index contributed by atoms with van der Waals surface area (Å²) in [5.41, 5.74) is -0.112. The Labute approximate surface area is 135 Å². The third-order valence-electron chi connectivity index (χ3n) is 3.53. The molecule has 0 radical (unpaired) electrons. The van der Waals surface area contributed by atoms with Crippen LogP contribution in [0.1, 0.15) is 24.2 Å². The van der Waals surface area contributed by atoms with Gasteiger partial charge < -0.3 is 10.1 Å². The normalized spacial score (nSPS) is 19.4. The van der Waals surface area contributed by atoms with Crippen molar-refractivity contribution in [1.82, 2.24) is 10.2 Å². The molecule has 1 aromatic rings. The lowest BCUT2D eigenvalue weighted by Gasteiger charge is -2.34.